The minimum Gasteiger partial charge on any atom is -0.486 e. The summed E-state index contributed by atoms with van der Waals surface area (Å²) < 4.78 is 11.2. The molecule has 3 aromatic rings. The molecule has 34 heavy (non-hydrogen) atoms. The summed E-state index contributed by atoms with van der Waals surface area (Å²) in [4.78, 5) is 13.2. The molecule has 0 aliphatic carbocycles. The summed E-state index contributed by atoms with van der Waals surface area (Å²) in [6.45, 7) is 12.0. The Morgan fingerprint density at radius 2 is 1.59 bits per heavy atom. The van der Waals surface area contributed by atoms with Gasteiger partial charge in [0.2, 0.25) is 5.91 Å². The zero-order valence-corrected chi connectivity index (χ0v) is 20.6. The predicted octanol–water partition coefficient (Wildman–Crippen LogP) is 6.95. The molecule has 1 amide bonds. The van der Waals surface area contributed by atoms with Crippen molar-refractivity contribution >= 4 is 17.2 Å². The Bertz CT molecular complexity index is 1200. The molecule has 1 aliphatic heterocycles. The molecule has 0 bridgehead atoms. The van der Waals surface area contributed by atoms with Gasteiger partial charge in [-0.1, -0.05) is 83.1 Å². The maximum Gasteiger partial charge on any atom is 0.249 e. The Labute approximate surface area is 202 Å². The van der Waals surface area contributed by atoms with E-state index >= 15 is 0 Å². The van der Waals surface area contributed by atoms with Crippen LogP contribution >= 0.6 is 0 Å². The van der Waals surface area contributed by atoms with E-state index in [1.54, 1.807) is 12.1 Å². The highest BCUT2D eigenvalue weighted by atomic mass is 16.6. The lowest BCUT2D eigenvalue weighted by molar-refractivity contribution is -0.111. The fraction of sp³-hybridized carbons (Fsp3) is 0.300. The summed E-state index contributed by atoms with van der Waals surface area (Å²) in [7, 11) is 0. The summed E-state index contributed by atoms with van der Waals surface area (Å²) in [6, 6.07) is 22.3. The van der Waals surface area contributed by atoms with Crippen LogP contribution in [0.4, 0.5) is 5.69 Å². The number of fused-ring (bicyclic) bond motifs is 1. The number of nitrogens with one attached hydrogen (secondary N) is 1. The summed E-state index contributed by atoms with van der Waals surface area (Å²) >= 11 is 0. The van der Waals surface area contributed by atoms with Crippen molar-refractivity contribution in [1.82, 2.24) is 0 Å². The molecule has 4 rings (SSSR count). The third-order valence-electron chi connectivity index (χ3n) is 6.02. The summed E-state index contributed by atoms with van der Waals surface area (Å²) in [5, 5.41) is 3.00. The van der Waals surface area contributed by atoms with Gasteiger partial charge in [-0.2, -0.15) is 0 Å². The molecular formula is C30H33NO3. The van der Waals surface area contributed by atoms with Gasteiger partial charge in [-0.25, -0.2) is 0 Å². The lowest BCUT2D eigenvalue weighted by atomic mass is 9.84. The van der Waals surface area contributed by atoms with E-state index in [1.807, 2.05) is 18.2 Å². The summed E-state index contributed by atoms with van der Waals surface area (Å²) in [5.74, 6) is 1.49. The van der Waals surface area contributed by atoms with Crippen molar-refractivity contribution in [3.05, 3.63) is 95.1 Å². The SMILES string of the molecule is CC(C)c1ccccc1C(=CC(=O)Nc1ccc2c(c1)OCCO2)c1ccc(C(C)(C)C)cc1. The van der Waals surface area contributed by atoms with Gasteiger partial charge in [-0.3, -0.25) is 4.79 Å². The topological polar surface area (TPSA) is 47.6 Å². The first-order valence-corrected chi connectivity index (χ1v) is 11.8. The Morgan fingerprint density at radius 3 is 2.26 bits per heavy atom. The quantitative estimate of drug-likeness (QED) is 0.424. The van der Waals surface area contributed by atoms with Gasteiger partial charge in [0, 0.05) is 17.8 Å². The molecule has 4 nitrogen and oxygen atoms in total. The zero-order valence-electron chi connectivity index (χ0n) is 20.6. The number of carbonyl (C=O) groups excluding carboxylic acids is 1. The average molecular weight is 456 g/mol. The van der Waals surface area contributed by atoms with Crippen LogP contribution in [-0.2, 0) is 10.2 Å². The second-order valence-corrected chi connectivity index (χ2v) is 9.98. The Balaban J connectivity index is 1.71. The molecule has 0 unspecified atom stereocenters. The van der Waals surface area contributed by atoms with Crippen LogP contribution in [-0.4, -0.2) is 19.1 Å². The number of benzene rings is 3. The number of ether oxygens (including phenoxy) is 2. The number of anilines is 1. The third kappa shape index (κ3) is 5.33. The normalized spacial score (nSPS) is 13.6. The van der Waals surface area contributed by atoms with E-state index in [0.717, 1.165) is 16.7 Å². The van der Waals surface area contributed by atoms with E-state index in [0.29, 0.717) is 36.3 Å². The van der Waals surface area contributed by atoms with Crippen molar-refractivity contribution < 1.29 is 14.3 Å². The van der Waals surface area contributed by atoms with Crippen LogP contribution in [0, 0.1) is 0 Å². The lowest BCUT2D eigenvalue weighted by Gasteiger charge is -2.21. The number of carbonyl (C=O) groups is 1. The molecule has 0 radical (unpaired) electrons. The molecule has 1 N–H and O–H groups in total. The lowest BCUT2D eigenvalue weighted by Crippen LogP contribution is -2.16. The van der Waals surface area contributed by atoms with Crippen LogP contribution in [0.15, 0.2) is 72.8 Å². The zero-order chi connectivity index (χ0) is 24.3. The molecule has 1 heterocycles. The highest BCUT2D eigenvalue weighted by molar-refractivity contribution is 6.06. The maximum atomic E-state index is 13.2. The third-order valence-corrected chi connectivity index (χ3v) is 6.02. The predicted molar refractivity (Wildman–Crippen MR) is 139 cm³/mol. The number of rotatable bonds is 5. The molecule has 0 saturated carbocycles. The fourth-order valence-electron chi connectivity index (χ4n) is 4.14. The van der Waals surface area contributed by atoms with Crippen LogP contribution in [0.3, 0.4) is 0 Å². The second kappa shape index (κ2) is 9.76. The van der Waals surface area contributed by atoms with Gasteiger partial charge in [0.25, 0.3) is 0 Å². The highest BCUT2D eigenvalue weighted by Crippen LogP contribution is 2.34. The van der Waals surface area contributed by atoms with Gasteiger partial charge in [0.05, 0.1) is 0 Å². The van der Waals surface area contributed by atoms with Crippen molar-refractivity contribution in [3.8, 4) is 11.5 Å². The minimum atomic E-state index is -0.190. The van der Waals surface area contributed by atoms with Gasteiger partial charge in [-0.05, 0) is 51.3 Å². The number of hydrogen-bond acceptors (Lipinski definition) is 3. The fourth-order valence-corrected chi connectivity index (χ4v) is 4.14. The van der Waals surface area contributed by atoms with Crippen molar-refractivity contribution in [2.24, 2.45) is 0 Å². The molecule has 0 spiro atoms. The van der Waals surface area contributed by atoms with Crippen molar-refractivity contribution in [2.45, 2.75) is 46.0 Å². The minimum absolute atomic E-state index is 0.0633. The van der Waals surface area contributed by atoms with E-state index in [9.17, 15) is 4.79 Å². The molecule has 1 aliphatic rings. The largest absolute Gasteiger partial charge is 0.486 e. The molecule has 0 atom stereocenters. The molecule has 0 saturated heterocycles. The van der Waals surface area contributed by atoms with E-state index in [4.69, 9.17) is 9.47 Å². The van der Waals surface area contributed by atoms with Crippen LogP contribution in [0.1, 0.15) is 62.8 Å². The molecule has 0 fully saturated rings. The number of hydrogen-bond donors (Lipinski definition) is 1. The van der Waals surface area contributed by atoms with E-state index in [2.05, 4.69) is 82.4 Å². The first-order valence-electron chi connectivity index (χ1n) is 11.8. The Kier molecular flexibility index (Phi) is 6.78. The number of amides is 1. The standard InChI is InChI=1S/C30H33NO3/c1-20(2)24-8-6-7-9-25(24)26(21-10-12-22(13-11-21)30(3,4)5)19-29(32)31-23-14-15-27-28(18-23)34-17-16-33-27/h6-15,18-20H,16-17H2,1-5H3,(H,31,32). The van der Waals surface area contributed by atoms with E-state index < -0.39 is 0 Å². The molecule has 176 valence electrons. The van der Waals surface area contributed by atoms with Crippen molar-refractivity contribution in [3.63, 3.8) is 0 Å². The van der Waals surface area contributed by atoms with Gasteiger partial charge < -0.3 is 14.8 Å². The summed E-state index contributed by atoms with van der Waals surface area (Å²) in [5.41, 5.74) is 6.18. The van der Waals surface area contributed by atoms with E-state index in [1.165, 1.54) is 11.1 Å². The first-order chi connectivity index (χ1) is 16.2. The van der Waals surface area contributed by atoms with Crippen LogP contribution in [0.5, 0.6) is 11.5 Å². The molecular weight excluding hydrogens is 422 g/mol. The van der Waals surface area contributed by atoms with Crippen LogP contribution < -0.4 is 14.8 Å². The van der Waals surface area contributed by atoms with Gasteiger partial charge in [0.1, 0.15) is 13.2 Å². The smallest absolute Gasteiger partial charge is 0.249 e. The second-order valence-electron chi connectivity index (χ2n) is 9.98. The van der Waals surface area contributed by atoms with Gasteiger partial charge >= 0.3 is 0 Å². The Hall–Kier alpha value is -3.53. The van der Waals surface area contributed by atoms with E-state index in [-0.39, 0.29) is 11.3 Å². The molecule has 4 heteroatoms. The molecule has 3 aromatic carbocycles. The molecule has 0 aromatic heterocycles. The van der Waals surface area contributed by atoms with Crippen LogP contribution in [0.25, 0.3) is 5.57 Å². The first kappa shape index (κ1) is 23.6. The van der Waals surface area contributed by atoms with Crippen molar-refractivity contribution in [2.75, 3.05) is 18.5 Å². The van der Waals surface area contributed by atoms with Crippen molar-refractivity contribution in [1.29, 1.82) is 0 Å². The average Bonchev–Trinajstić information content (AvgIpc) is 2.82. The van der Waals surface area contributed by atoms with Crippen LogP contribution in [0.2, 0.25) is 0 Å². The summed E-state index contributed by atoms with van der Waals surface area (Å²) in [6.07, 6.45) is 1.70. The monoisotopic (exact) mass is 455 g/mol. The Morgan fingerprint density at radius 1 is 0.912 bits per heavy atom. The van der Waals surface area contributed by atoms with Gasteiger partial charge in [0.15, 0.2) is 11.5 Å². The maximum absolute atomic E-state index is 13.2. The van der Waals surface area contributed by atoms with Gasteiger partial charge in [-0.15, -0.1) is 0 Å². The highest BCUT2D eigenvalue weighted by Gasteiger charge is 2.17.